The molecule has 4 aromatic carbocycles. The number of hydrogen-bond donors (Lipinski definition) is 2. The van der Waals surface area contributed by atoms with Crippen LogP contribution in [-0.2, 0) is 55.0 Å². The Balaban J connectivity index is 1.54. The molecule has 0 radical (unpaired) electrons. The molecule has 4 rings (SSSR count). The first-order valence-electron chi connectivity index (χ1n) is 20.9. The van der Waals surface area contributed by atoms with E-state index in [1.54, 1.807) is 0 Å². The van der Waals surface area contributed by atoms with E-state index < -0.39 is 46.1 Å². The molecule has 0 spiro atoms. The minimum absolute atomic E-state index is 0.106. The molecule has 8 nitrogen and oxygen atoms in total. The second-order valence-corrected chi connectivity index (χ2v) is 18.5. The summed E-state index contributed by atoms with van der Waals surface area (Å²) in [4.78, 5) is 28.8. The van der Waals surface area contributed by atoms with Crippen molar-refractivity contribution in [1.29, 1.82) is 0 Å². The molecule has 0 saturated heterocycles. The highest BCUT2D eigenvalue weighted by molar-refractivity contribution is 5.86. The van der Waals surface area contributed by atoms with Crippen LogP contribution in [-0.4, -0.2) is 59.4 Å². The van der Waals surface area contributed by atoms with E-state index in [0.717, 1.165) is 22.3 Å². The van der Waals surface area contributed by atoms with Crippen LogP contribution in [0.1, 0.15) is 96.9 Å². The van der Waals surface area contributed by atoms with E-state index in [9.17, 15) is 19.8 Å². The van der Waals surface area contributed by atoms with Gasteiger partial charge in [-0.2, -0.15) is 0 Å². The van der Waals surface area contributed by atoms with Crippen molar-refractivity contribution in [3.05, 3.63) is 144 Å². The van der Waals surface area contributed by atoms with Gasteiger partial charge >= 0.3 is 0 Å². The molecule has 0 amide bonds. The summed E-state index contributed by atoms with van der Waals surface area (Å²) in [6.45, 7) is 16.8. The number of Topliss-reactive ketones (excluding diaryl/α,β-unsaturated/α-hetero) is 2. The van der Waals surface area contributed by atoms with Crippen LogP contribution in [0.5, 0.6) is 0 Å². The number of carbonyl (C=O) groups is 2. The molecule has 0 aliphatic rings. The van der Waals surface area contributed by atoms with Gasteiger partial charge in [0.05, 0.1) is 64.1 Å². The first-order valence-corrected chi connectivity index (χ1v) is 20.9. The van der Waals surface area contributed by atoms with Crippen LogP contribution < -0.4 is 0 Å². The predicted octanol–water partition coefficient (Wildman–Crippen LogP) is 9.73. The molecule has 0 aliphatic heterocycles. The molecule has 0 bridgehead atoms. The van der Waals surface area contributed by atoms with Crippen molar-refractivity contribution >= 4 is 11.6 Å². The van der Waals surface area contributed by atoms with Crippen molar-refractivity contribution in [1.82, 2.24) is 0 Å². The Kier molecular flexibility index (Phi) is 17.8. The second kappa shape index (κ2) is 22.0. The Bertz CT molecular complexity index is 1690. The van der Waals surface area contributed by atoms with Gasteiger partial charge in [0.25, 0.3) is 0 Å². The van der Waals surface area contributed by atoms with Gasteiger partial charge in [0.2, 0.25) is 0 Å². The Hall–Kier alpha value is -4.02. The van der Waals surface area contributed by atoms with Crippen molar-refractivity contribution in [2.24, 2.45) is 21.7 Å². The molecule has 0 saturated carbocycles. The van der Waals surface area contributed by atoms with Crippen LogP contribution in [0.15, 0.2) is 121 Å². The topological polar surface area (TPSA) is 112 Å². The lowest BCUT2D eigenvalue weighted by atomic mass is 9.70. The van der Waals surface area contributed by atoms with Crippen LogP contribution in [0.3, 0.4) is 0 Å². The Labute approximate surface area is 353 Å². The van der Waals surface area contributed by atoms with Gasteiger partial charge in [0.1, 0.15) is 11.6 Å². The van der Waals surface area contributed by atoms with E-state index in [1.807, 2.05) is 177 Å². The zero-order valence-corrected chi connectivity index (χ0v) is 36.6. The van der Waals surface area contributed by atoms with Gasteiger partial charge in [-0.15, -0.1) is 0 Å². The molecule has 320 valence electrons. The van der Waals surface area contributed by atoms with Crippen molar-refractivity contribution in [3.63, 3.8) is 0 Å². The molecule has 8 heteroatoms. The maximum atomic E-state index is 14.4. The molecule has 59 heavy (non-hydrogen) atoms. The molecule has 0 unspecified atom stereocenters. The van der Waals surface area contributed by atoms with Crippen LogP contribution in [0.25, 0.3) is 0 Å². The third kappa shape index (κ3) is 14.6. The fraction of sp³-hybridized carbons (Fsp3) is 0.490. The van der Waals surface area contributed by atoms with Gasteiger partial charge < -0.3 is 29.2 Å². The zero-order valence-electron chi connectivity index (χ0n) is 36.6. The van der Waals surface area contributed by atoms with Gasteiger partial charge in [-0.3, -0.25) is 9.59 Å². The summed E-state index contributed by atoms with van der Waals surface area (Å²) in [6, 6.07) is 39.2. The average molecular weight is 809 g/mol. The van der Waals surface area contributed by atoms with Crippen molar-refractivity contribution in [2.45, 2.75) is 125 Å². The van der Waals surface area contributed by atoms with Crippen LogP contribution in [0, 0.1) is 21.7 Å². The van der Waals surface area contributed by atoms with Gasteiger partial charge in [-0.05, 0) is 22.3 Å². The van der Waals surface area contributed by atoms with E-state index in [1.165, 1.54) is 0 Å². The lowest BCUT2D eigenvalue weighted by molar-refractivity contribution is -0.154. The van der Waals surface area contributed by atoms with Gasteiger partial charge in [-0.25, -0.2) is 0 Å². The van der Waals surface area contributed by atoms with E-state index in [2.05, 4.69) is 0 Å². The molecule has 4 atom stereocenters. The number of aliphatic hydroxyl groups excluding tert-OH is 2. The Morgan fingerprint density at radius 1 is 0.458 bits per heavy atom. The number of hydrogen-bond acceptors (Lipinski definition) is 8. The summed E-state index contributed by atoms with van der Waals surface area (Å²) in [5.74, 6) is -0.337. The molecule has 0 aromatic heterocycles. The highest BCUT2D eigenvalue weighted by atomic mass is 16.5. The van der Waals surface area contributed by atoms with E-state index in [4.69, 9.17) is 18.9 Å². The molecule has 4 aromatic rings. The maximum absolute atomic E-state index is 14.4. The molecular formula is C51H68O8. The number of benzene rings is 4. The summed E-state index contributed by atoms with van der Waals surface area (Å²) in [5, 5.41) is 23.0. The normalized spacial score (nSPS) is 14.7. The van der Waals surface area contributed by atoms with Gasteiger partial charge in [0.15, 0.2) is 0 Å². The maximum Gasteiger partial charge on any atom is 0.143 e. The standard InChI is InChI=1S/C51H68O8/c1-48(2,36-56-32-38-21-13-9-14-22-38)42(52)29-44(54)50(5,6)46(58-34-40-25-17-11-18-26-40)31-47(59-35-41-27-19-12-20-28-41)51(7,8)45(55)30-43(53)49(3,4)37-57-33-39-23-15-10-16-24-39/h9-28,42-43,46-47,52-53H,29-37H2,1-8H3/t42-,43-,46+,47+/m1/s1. The van der Waals surface area contributed by atoms with Crippen molar-refractivity contribution < 1.29 is 38.7 Å². The van der Waals surface area contributed by atoms with Gasteiger partial charge in [-0.1, -0.05) is 177 Å². The van der Waals surface area contributed by atoms with Crippen LogP contribution in [0.4, 0.5) is 0 Å². The predicted molar refractivity (Wildman–Crippen MR) is 233 cm³/mol. The minimum atomic E-state index is -1.10. The number of rotatable bonds is 26. The number of ether oxygens (including phenoxy) is 4. The molecule has 0 fully saturated rings. The average Bonchev–Trinajstić information content (AvgIpc) is 3.21. The third-order valence-electron chi connectivity index (χ3n) is 11.8. The quantitative estimate of drug-likeness (QED) is 0.0646. The SMILES string of the molecule is CC(C)(COCc1ccccc1)[C@H](O)CC(=O)C(C)(C)[C@H](C[C@H](OCc1ccccc1)C(C)(C)C(=O)C[C@@H](O)C(C)(C)COCc1ccccc1)OCc1ccccc1. The summed E-state index contributed by atoms with van der Waals surface area (Å²) in [7, 11) is 0. The van der Waals surface area contributed by atoms with E-state index in [0.29, 0.717) is 13.2 Å². The smallest absolute Gasteiger partial charge is 0.143 e. The Morgan fingerprint density at radius 3 is 1.02 bits per heavy atom. The highest BCUT2D eigenvalue weighted by Crippen LogP contribution is 2.39. The van der Waals surface area contributed by atoms with Crippen molar-refractivity contribution in [2.75, 3.05) is 13.2 Å². The molecule has 2 N–H and O–H groups in total. The second-order valence-electron chi connectivity index (χ2n) is 18.5. The third-order valence-corrected chi connectivity index (χ3v) is 11.8. The number of carbonyl (C=O) groups excluding carboxylic acids is 2. The lowest BCUT2D eigenvalue weighted by Gasteiger charge is -2.41. The minimum Gasteiger partial charge on any atom is -0.392 e. The monoisotopic (exact) mass is 808 g/mol. The number of ketones is 2. The molecule has 0 aliphatic carbocycles. The fourth-order valence-electron chi connectivity index (χ4n) is 6.87. The van der Waals surface area contributed by atoms with E-state index in [-0.39, 0.29) is 57.3 Å². The van der Waals surface area contributed by atoms with Crippen molar-refractivity contribution in [3.8, 4) is 0 Å². The summed E-state index contributed by atoms with van der Waals surface area (Å²) in [5.41, 5.74) is 0.331. The lowest BCUT2D eigenvalue weighted by Crippen LogP contribution is -2.49. The van der Waals surface area contributed by atoms with E-state index >= 15 is 0 Å². The Morgan fingerprint density at radius 2 is 0.729 bits per heavy atom. The first kappa shape index (κ1) is 47.7. The number of aliphatic hydroxyl groups is 2. The fourth-order valence-corrected chi connectivity index (χ4v) is 6.87. The molecule has 0 heterocycles. The summed E-state index contributed by atoms with van der Waals surface area (Å²) in [6.07, 6.45) is -3.39. The first-order chi connectivity index (χ1) is 27.9. The van der Waals surface area contributed by atoms with Crippen LogP contribution >= 0.6 is 0 Å². The van der Waals surface area contributed by atoms with Gasteiger partial charge in [0, 0.05) is 40.9 Å². The largest absolute Gasteiger partial charge is 0.392 e. The summed E-state index contributed by atoms with van der Waals surface area (Å²) >= 11 is 0. The molecular weight excluding hydrogens is 741 g/mol. The highest BCUT2D eigenvalue weighted by Gasteiger charge is 2.46. The summed E-state index contributed by atoms with van der Waals surface area (Å²) < 4.78 is 25.4. The van der Waals surface area contributed by atoms with Crippen LogP contribution in [0.2, 0.25) is 0 Å². The zero-order chi connectivity index (χ0) is 43.1.